The van der Waals surface area contributed by atoms with Gasteiger partial charge in [0.1, 0.15) is 5.75 Å². The number of ether oxygens (including phenoxy) is 1. The van der Waals surface area contributed by atoms with Crippen molar-refractivity contribution in [3.8, 4) is 5.75 Å². The van der Waals surface area contributed by atoms with Gasteiger partial charge in [0, 0.05) is 30.2 Å². The van der Waals surface area contributed by atoms with Crippen molar-refractivity contribution in [2.24, 2.45) is 0 Å². The smallest absolute Gasteiger partial charge is 0.265 e. The van der Waals surface area contributed by atoms with Crippen LogP contribution in [-0.2, 0) is 4.79 Å². The van der Waals surface area contributed by atoms with Gasteiger partial charge in [-0.1, -0.05) is 35.3 Å². The molecule has 25 heavy (non-hydrogen) atoms. The fourth-order valence-electron chi connectivity index (χ4n) is 3.21. The minimum Gasteiger partial charge on any atom is -0.482 e. The van der Waals surface area contributed by atoms with Crippen molar-refractivity contribution in [3.05, 3.63) is 52.5 Å². The second kappa shape index (κ2) is 6.77. The number of benzene rings is 2. The summed E-state index contributed by atoms with van der Waals surface area (Å²) in [5.74, 6) is 0.339. The van der Waals surface area contributed by atoms with Crippen LogP contribution < -0.4 is 14.5 Å². The van der Waals surface area contributed by atoms with E-state index < -0.39 is 0 Å². The maximum Gasteiger partial charge on any atom is 0.265 e. The van der Waals surface area contributed by atoms with Crippen molar-refractivity contribution in [1.29, 1.82) is 0 Å². The average molecular weight is 377 g/mol. The van der Waals surface area contributed by atoms with Gasteiger partial charge in [0.2, 0.25) is 0 Å². The molecule has 1 saturated carbocycles. The van der Waals surface area contributed by atoms with Crippen LogP contribution in [0.2, 0.25) is 10.0 Å². The van der Waals surface area contributed by atoms with Crippen molar-refractivity contribution in [2.45, 2.75) is 18.9 Å². The van der Waals surface area contributed by atoms with E-state index >= 15 is 0 Å². The predicted octanol–water partition coefficient (Wildman–Crippen LogP) is 4.39. The zero-order valence-electron chi connectivity index (χ0n) is 13.6. The third-order valence-corrected chi connectivity index (χ3v) is 5.13. The molecular formula is C19H18Cl2N2O2. The summed E-state index contributed by atoms with van der Waals surface area (Å²) in [5.41, 5.74) is 2.08. The number of hydrogen-bond acceptors (Lipinski definition) is 3. The molecule has 130 valence electrons. The minimum absolute atomic E-state index is 0.0716. The van der Waals surface area contributed by atoms with Crippen molar-refractivity contribution in [1.82, 2.24) is 0 Å². The molecule has 1 fully saturated rings. The van der Waals surface area contributed by atoms with Crippen molar-refractivity contribution in [3.63, 3.8) is 0 Å². The van der Waals surface area contributed by atoms with Crippen LogP contribution in [0.25, 0.3) is 0 Å². The Balaban J connectivity index is 1.50. The van der Waals surface area contributed by atoms with E-state index in [4.69, 9.17) is 27.9 Å². The van der Waals surface area contributed by atoms with Gasteiger partial charge in [0.25, 0.3) is 5.91 Å². The summed E-state index contributed by atoms with van der Waals surface area (Å²) in [4.78, 5) is 16.9. The molecule has 1 amide bonds. The van der Waals surface area contributed by atoms with Crippen LogP contribution in [0.3, 0.4) is 0 Å². The van der Waals surface area contributed by atoms with Crippen LogP contribution in [0.5, 0.6) is 5.75 Å². The number of anilines is 2. The molecule has 6 heteroatoms. The van der Waals surface area contributed by atoms with Gasteiger partial charge < -0.3 is 14.5 Å². The number of nitrogens with zero attached hydrogens (tertiary/aromatic N) is 2. The van der Waals surface area contributed by atoms with Crippen LogP contribution in [0, 0.1) is 0 Å². The molecule has 2 aromatic rings. The summed E-state index contributed by atoms with van der Waals surface area (Å²) in [5, 5.41) is 0.964. The molecule has 0 N–H and O–H groups in total. The lowest BCUT2D eigenvalue weighted by atomic mass is 10.1. The molecule has 0 bridgehead atoms. The lowest BCUT2D eigenvalue weighted by Gasteiger charge is -2.38. The highest BCUT2D eigenvalue weighted by atomic mass is 35.5. The predicted molar refractivity (Wildman–Crippen MR) is 101 cm³/mol. The molecule has 2 aromatic carbocycles. The highest BCUT2D eigenvalue weighted by Crippen LogP contribution is 2.39. The molecule has 0 atom stereocenters. The van der Waals surface area contributed by atoms with Gasteiger partial charge >= 0.3 is 0 Å². The van der Waals surface area contributed by atoms with E-state index in [1.54, 1.807) is 23.1 Å². The van der Waals surface area contributed by atoms with Gasteiger partial charge in [-0.25, -0.2) is 0 Å². The van der Waals surface area contributed by atoms with Gasteiger partial charge in [-0.05, 0) is 37.1 Å². The van der Waals surface area contributed by atoms with Gasteiger partial charge in [-0.15, -0.1) is 0 Å². The van der Waals surface area contributed by atoms with Crippen molar-refractivity contribution < 1.29 is 9.53 Å². The van der Waals surface area contributed by atoms with Crippen molar-refractivity contribution in [2.75, 3.05) is 29.5 Å². The largest absolute Gasteiger partial charge is 0.482 e. The number of carbonyl (C=O) groups excluding carboxylic acids is 1. The van der Waals surface area contributed by atoms with E-state index in [1.165, 1.54) is 12.8 Å². The lowest BCUT2D eigenvalue weighted by Crippen LogP contribution is -2.46. The van der Waals surface area contributed by atoms with Crippen LogP contribution in [0.15, 0.2) is 42.5 Å². The molecule has 4 rings (SSSR count). The second-order valence-corrected chi connectivity index (χ2v) is 7.17. The fraction of sp³-hybridized carbons (Fsp3) is 0.316. The Morgan fingerprint density at radius 1 is 1.08 bits per heavy atom. The molecule has 1 aliphatic carbocycles. The first-order valence-corrected chi connectivity index (χ1v) is 9.13. The monoisotopic (exact) mass is 376 g/mol. The normalized spacial score (nSPS) is 16.6. The molecule has 1 heterocycles. The highest BCUT2D eigenvalue weighted by Gasteiger charge is 2.35. The molecule has 0 spiro atoms. The Bertz CT molecular complexity index is 808. The summed E-state index contributed by atoms with van der Waals surface area (Å²) in [6.07, 6.45) is 2.47. The number of rotatable bonds is 4. The van der Waals surface area contributed by atoms with Crippen LogP contribution in [0.1, 0.15) is 12.8 Å². The van der Waals surface area contributed by atoms with Crippen molar-refractivity contribution >= 4 is 40.5 Å². The second-order valence-electron chi connectivity index (χ2n) is 6.32. The highest BCUT2D eigenvalue weighted by molar-refractivity contribution is 6.34. The lowest BCUT2D eigenvalue weighted by molar-refractivity contribution is -0.120. The number of fused-ring (bicyclic) bond motifs is 1. The number of carbonyl (C=O) groups is 1. The first-order chi connectivity index (χ1) is 12.1. The third kappa shape index (κ3) is 3.42. The summed E-state index contributed by atoms with van der Waals surface area (Å²) < 4.78 is 5.61. The van der Waals surface area contributed by atoms with Crippen LogP contribution in [0.4, 0.5) is 11.4 Å². The van der Waals surface area contributed by atoms with Gasteiger partial charge in [0.15, 0.2) is 6.61 Å². The van der Waals surface area contributed by atoms with Gasteiger partial charge in [0.05, 0.1) is 16.4 Å². The molecule has 2 aliphatic rings. The standard InChI is InChI=1S/C19H18Cl2N2O2/c20-13-5-8-15(21)18(11-13)25-12-19(24)23-10-9-22(14-6-7-14)16-3-1-2-4-17(16)23/h1-5,8,11,14H,6-7,9-10,12H2. The third-order valence-electron chi connectivity index (χ3n) is 4.58. The maximum absolute atomic E-state index is 12.7. The quantitative estimate of drug-likeness (QED) is 0.793. The first-order valence-electron chi connectivity index (χ1n) is 8.37. The molecule has 0 unspecified atom stereocenters. The Labute approximate surface area is 156 Å². The zero-order valence-corrected chi connectivity index (χ0v) is 15.1. The number of hydrogen-bond donors (Lipinski definition) is 0. The Hall–Kier alpha value is -1.91. The fourth-order valence-corrected chi connectivity index (χ4v) is 3.55. The zero-order chi connectivity index (χ0) is 17.4. The minimum atomic E-state index is -0.0843. The van der Waals surface area contributed by atoms with E-state index in [0.717, 1.165) is 17.9 Å². The van der Waals surface area contributed by atoms with E-state index in [-0.39, 0.29) is 12.5 Å². The van der Waals surface area contributed by atoms with E-state index in [0.29, 0.717) is 28.4 Å². The Morgan fingerprint density at radius 3 is 2.60 bits per heavy atom. The number of amides is 1. The molecule has 4 nitrogen and oxygen atoms in total. The topological polar surface area (TPSA) is 32.8 Å². The SMILES string of the molecule is O=C(COc1cc(Cl)ccc1Cl)N1CCN(C2CC2)c2ccccc21. The van der Waals surface area contributed by atoms with E-state index in [9.17, 15) is 4.79 Å². The Morgan fingerprint density at radius 2 is 1.84 bits per heavy atom. The van der Waals surface area contributed by atoms with Crippen LogP contribution >= 0.6 is 23.2 Å². The molecular weight excluding hydrogens is 359 g/mol. The molecule has 0 aromatic heterocycles. The Kier molecular flexibility index (Phi) is 4.48. The summed E-state index contributed by atoms with van der Waals surface area (Å²) in [7, 11) is 0. The van der Waals surface area contributed by atoms with Gasteiger partial charge in [-0.2, -0.15) is 0 Å². The molecule has 0 saturated heterocycles. The average Bonchev–Trinajstić information content (AvgIpc) is 3.46. The van der Waals surface area contributed by atoms with Crippen LogP contribution in [-0.4, -0.2) is 31.6 Å². The molecule has 1 aliphatic heterocycles. The number of halogens is 2. The summed E-state index contributed by atoms with van der Waals surface area (Å²) in [6, 6.07) is 13.7. The van der Waals surface area contributed by atoms with E-state index in [1.807, 2.05) is 18.2 Å². The summed E-state index contributed by atoms with van der Waals surface area (Å²) in [6.45, 7) is 1.45. The first kappa shape index (κ1) is 16.6. The van der Waals surface area contributed by atoms with E-state index in [2.05, 4.69) is 11.0 Å². The summed E-state index contributed by atoms with van der Waals surface area (Å²) >= 11 is 12.1. The van der Waals surface area contributed by atoms with Gasteiger partial charge in [-0.3, -0.25) is 4.79 Å². The number of para-hydroxylation sites is 2. The maximum atomic E-state index is 12.7. The molecule has 0 radical (unpaired) electrons.